The summed E-state index contributed by atoms with van der Waals surface area (Å²) >= 11 is 0. The lowest BCUT2D eigenvalue weighted by Gasteiger charge is -2.08. The number of nitrogens with two attached hydrogens (primary N) is 2. The predicted octanol–water partition coefficient (Wildman–Crippen LogP) is 7.77. The Kier molecular flexibility index (Phi) is 10.7. The number of nitrogens with zero attached hydrogens (tertiary/aromatic N) is 2. The van der Waals surface area contributed by atoms with Gasteiger partial charge in [-0.1, -0.05) is 118 Å². The van der Waals surface area contributed by atoms with E-state index in [1.807, 2.05) is 72.8 Å². The van der Waals surface area contributed by atoms with Crippen LogP contribution < -0.4 is 11.5 Å². The number of fused-ring (bicyclic) bond motifs is 2. The normalized spacial score (nSPS) is 10.2. The van der Waals surface area contributed by atoms with Gasteiger partial charge in [0.2, 0.25) is 11.8 Å². The van der Waals surface area contributed by atoms with E-state index >= 15 is 0 Å². The van der Waals surface area contributed by atoms with Crippen molar-refractivity contribution in [3.63, 3.8) is 0 Å². The number of carbonyl (C=O) groups is 2. The van der Waals surface area contributed by atoms with E-state index in [1.165, 1.54) is 23.5 Å². The number of primary amides is 2. The number of aromatic nitrogens is 2. The summed E-state index contributed by atoms with van der Waals surface area (Å²) in [7, 11) is 3.10. The molecule has 2 amide bonds. The Morgan fingerprint density at radius 1 is 0.548 bits per heavy atom. The van der Waals surface area contributed by atoms with Crippen LogP contribution in [0.2, 0.25) is 0 Å². The molecule has 6 nitrogen and oxygen atoms in total. The molecule has 6 aromatic rings. The third-order valence-corrected chi connectivity index (χ3v) is 8.45. The lowest BCUT2D eigenvalue weighted by molar-refractivity contribution is 0.0991. The number of para-hydroxylation sites is 2. The molecule has 210 valence electrons. The first-order valence-corrected chi connectivity index (χ1v) is 15.2. The summed E-state index contributed by atoms with van der Waals surface area (Å²) in [6, 6.07) is 35.6. The van der Waals surface area contributed by atoms with Gasteiger partial charge in [0.25, 0.3) is 0 Å². The van der Waals surface area contributed by atoms with E-state index in [2.05, 4.69) is 48.1 Å². The molecule has 2 aromatic heterocycles. The highest BCUT2D eigenvalue weighted by molar-refractivity contribution is 8.76. The number of pyridine rings is 2. The minimum absolute atomic E-state index is 0.380. The molecule has 0 fully saturated rings. The predicted molar refractivity (Wildman–Crippen MR) is 175 cm³/mol. The zero-order chi connectivity index (χ0) is 29.9. The van der Waals surface area contributed by atoms with Crippen LogP contribution in [0.25, 0.3) is 21.8 Å². The van der Waals surface area contributed by atoms with Gasteiger partial charge in [-0.2, -0.15) is 0 Å². The molecule has 8 heteroatoms. The number of hydrogen-bond donors (Lipinski definition) is 2. The first kappa shape index (κ1) is 30.3. The summed E-state index contributed by atoms with van der Waals surface area (Å²) in [5.74, 6) is -1.00. The van der Waals surface area contributed by atoms with Crippen molar-refractivity contribution in [1.29, 1.82) is 0 Å². The van der Waals surface area contributed by atoms with E-state index < -0.39 is 11.8 Å². The maximum atomic E-state index is 11.4. The third-order valence-electron chi connectivity index (χ3n) is 6.02. The van der Waals surface area contributed by atoms with E-state index in [1.54, 1.807) is 33.7 Å². The lowest BCUT2D eigenvalue weighted by atomic mass is 10.1. The van der Waals surface area contributed by atoms with Crippen molar-refractivity contribution in [3.8, 4) is 0 Å². The van der Waals surface area contributed by atoms with Crippen molar-refractivity contribution in [2.24, 2.45) is 11.5 Å². The topological polar surface area (TPSA) is 112 Å². The van der Waals surface area contributed by atoms with Gasteiger partial charge in [-0.15, -0.1) is 0 Å². The van der Waals surface area contributed by atoms with Gasteiger partial charge in [-0.3, -0.25) is 19.6 Å². The molecule has 0 bridgehead atoms. The number of hydrogen-bond acceptors (Lipinski definition) is 6. The first-order valence-electron chi connectivity index (χ1n) is 13.1. The molecule has 0 atom stereocenters. The number of rotatable bonds is 5. The molecule has 0 spiro atoms. The summed E-state index contributed by atoms with van der Waals surface area (Å²) in [5.41, 5.74) is 15.7. The Labute approximate surface area is 253 Å². The highest BCUT2D eigenvalue weighted by atomic mass is 33.1. The molecule has 0 aliphatic heterocycles. The molecule has 2 heterocycles. The van der Waals surface area contributed by atoms with Gasteiger partial charge in [0, 0.05) is 33.0 Å². The molecule has 0 aliphatic rings. The molecule has 0 unspecified atom stereocenters. The van der Waals surface area contributed by atoms with Gasteiger partial charge in [0.15, 0.2) is 0 Å². The fourth-order valence-corrected chi connectivity index (χ4v) is 6.12. The van der Waals surface area contributed by atoms with Crippen LogP contribution >= 0.6 is 21.6 Å². The van der Waals surface area contributed by atoms with E-state index in [0.29, 0.717) is 11.1 Å². The molecule has 0 saturated carbocycles. The minimum Gasteiger partial charge on any atom is -0.366 e. The second-order valence-electron chi connectivity index (χ2n) is 9.31. The highest BCUT2D eigenvalue weighted by Crippen LogP contribution is 2.42. The van der Waals surface area contributed by atoms with Crippen molar-refractivity contribution in [2.45, 2.75) is 23.6 Å². The number of aryl methyl sites for hydroxylation is 2. The highest BCUT2D eigenvalue weighted by Gasteiger charge is 2.11. The zero-order valence-corrected chi connectivity index (χ0v) is 24.9. The number of amides is 2. The quantitative estimate of drug-likeness (QED) is 0.198. The molecule has 0 radical (unpaired) electrons. The minimum atomic E-state index is -0.501. The van der Waals surface area contributed by atoms with Crippen LogP contribution in [-0.2, 0) is 0 Å². The Hall–Kier alpha value is -4.66. The van der Waals surface area contributed by atoms with Crippen LogP contribution in [0.1, 0.15) is 31.8 Å². The molecule has 6 rings (SSSR count). The first-order chi connectivity index (χ1) is 20.3. The smallest absolute Gasteiger partial charge is 0.250 e. The van der Waals surface area contributed by atoms with E-state index in [9.17, 15) is 9.59 Å². The van der Waals surface area contributed by atoms with Gasteiger partial charge in [0.05, 0.1) is 22.2 Å². The van der Waals surface area contributed by atoms with Gasteiger partial charge < -0.3 is 11.5 Å². The molecule has 0 aliphatic carbocycles. The maximum Gasteiger partial charge on any atom is 0.250 e. The lowest BCUT2D eigenvalue weighted by Crippen LogP contribution is -2.11. The summed E-state index contributed by atoms with van der Waals surface area (Å²) in [6.07, 6.45) is 2.98. The molecular formula is C34H30N4O2S2. The molecule has 4 N–H and O–H groups in total. The average molecular weight is 591 g/mol. The number of benzene rings is 4. The summed E-state index contributed by atoms with van der Waals surface area (Å²) in [6.45, 7) is 4.17. The second kappa shape index (κ2) is 14.8. The van der Waals surface area contributed by atoms with Crippen LogP contribution in [0.4, 0.5) is 0 Å². The average Bonchev–Trinajstić information content (AvgIpc) is 3.00. The Bertz CT molecular complexity index is 1680. The van der Waals surface area contributed by atoms with E-state index in [-0.39, 0.29) is 0 Å². The molecule has 0 saturated heterocycles. The molecule has 42 heavy (non-hydrogen) atoms. The Balaban J connectivity index is 0.000000235. The van der Waals surface area contributed by atoms with Crippen molar-refractivity contribution in [2.75, 3.05) is 0 Å². The standard InChI is InChI=1S/C20H14N4O2S2.2C7H8/c21-19(25)13-7-11-3-1-5-15(17(11)23-9-13)27-28-16-6-2-4-12-8-14(20(22)26)10-24-18(12)16;2*1-7-5-3-2-4-6-7/h1-10H,(H2,21,25)(H2,22,26);2*2-6H,1H3. The summed E-state index contributed by atoms with van der Waals surface area (Å²) in [5, 5.41) is 1.70. The third kappa shape index (κ3) is 8.42. The van der Waals surface area contributed by atoms with Crippen LogP contribution in [0.15, 0.2) is 131 Å². The van der Waals surface area contributed by atoms with E-state index in [0.717, 1.165) is 31.6 Å². The largest absolute Gasteiger partial charge is 0.366 e. The fourth-order valence-electron chi connectivity index (χ4n) is 3.83. The number of carbonyl (C=O) groups excluding carboxylic acids is 2. The summed E-state index contributed by atoms with van der Waals surface area (Å²) in [4.78, 5) is 33.5. The van der Waals surface area contributed by atoms with Gasteiger partial charge in [-0.25, -0.2) is 0 Å². The van der Waals surface area contributed by atoms with Crippen molar-refractivity contribution in [3.05, 3.63) is 144 Å². The molecule has 4 aromatic carbocycles. The zero-order valence-electron chi connectivity index (χ0n) is 23.2. The van der Waals surface area contributed by atoms with Gasteiger partial charge in [-0.05, 0) is 38.1 Å². The van der Waals surface area contributed by atoms with Crippen LogP contribution in [0.3, 0.4) is 0 Å². The molecular weight excluding hydrogens is 561 g/mol. The van der Waals surface area contributed by atoms with Crippen molar-refractivity contribution < 1.29 is 9.59 Å². The van der Waals surface area contributed by atoms with Crippen LogP contribution in [0.5, 0.6) is 0 Å². The fraction of sp³-hybridized carbons (Fsp3) is 0.0588. The van der Waals surface area contributed by atoms with E-state index in [4.69, 9.17) is 11.5 Å². The maximum absolute atomic E-state index is 11.4. The van der Waals surface area contributed by atoms with Crippen molar-refractivity contribution >= 4 is 55.2 Å². The van der Waals surface area contributed by atoms with Crippen LogP contribution in [-0.4, -0.2) is 21.8 Å². The van der Waals surface area contributed by atoms with Gasteiger partial charge >= 0.3 is 0 Å². The Morgan fingerprint density at radius 2 is 0.929 bits per heavy atom. The summed E-state index contributed by atoms with van der Waals surface area (Å²) < 4.78 is 0. The second-order valence-corrected chi connectivity index (χ2v) is 11.5. The van der Waals surface area contributed by atoms with Gasteiger partial charge in [0.1, 0.15) is 0 Å². The Morgan fingerprint density at radius 3 is 1.24 bits per heavy atom. The van der Waals surface area contributed by atoms with Crippen LogP contribution in [0, 0.1) is 13.8 Å². The SMILES string of the molecule is Cc1ccccc1.Cc1ccccc1.NC(=O)c1cnc2c(SSc3cccc4cc(C(N)=O)cnc34)cccc2c1. The van der Waals surface area contributed by atoms with Crippen molar-refractivity contribution in [1.82, 2.24) is 9.97 Å². The monoisotopic (exact) mass is 590 g/mol.